The van der Waals surface area contributed by atoms with Gasteiger partial charge in [-0.25, -0.2) is 0 Å². The van der Waals surface area contributed by atoms with Crippen LogP contribution in [0.15, 0.2) is 30.3 Å². The maximum absolute atomic E-state index is 8.89. The van der Waals surface area contributed by atoms with Gasteiger partial charge in [-0.15, -0.1) is 12.6 Å². The Kier molecular flexibility index (Phi) is 2.14. The first-order chi connectivity index (χ1) is 4.30. The molecule has 0 aliphatic heterocycles. The van der Waals surface area contributed by atoms with E-state index in [1.807, 2.05) is 30.3 Å². The Bertz CT molecular complexity index is 172. The summed E-state index contributed by atoms with van der Waals surface area (Å²) in [5.41, 5.74) is 0.187. The highest BCUT2D eigenvalue weighted by molar-refractivity contribution is 7.80. The van der Waals surface area contributed by atoms with E-state index in [4.69, 9.17) is 5.11 Å². The van der Waals surface area contributed by atoms with E-state index in [0.29, 0.717) is 0 Å². The third kappa shape index (κ3) is 1.73. The highest BCUT2D eigenvalue weighted by atomic mass is 32.1. The van der Waals surface area contributed by atoms with Gasteiger partial charge in [0.25, 0.3) is 0 Å². The van der Waals surface area contributed by atoms with Gasteiger partial charge in [-0.05, 0) is 5.56 Å². The van der Waals surface area contributed by atoms with Crippen LogP contribution in [0.1, 0.15) is 11.0 Å². The number of benzene rings is 1. The minimum Gasteiger partial charge on any atom is -0.378 e. The molecule has 1 rings (SSSR count). The standard InChI is InChI=1S/C7H8OS/c8-7(9)6-4-2-1-3-5-6/h1-5,7-9H. The molecule has 2 heteroatoms. The Morgan fingerprint density at radius 2 is 1.78 bits per heavy atom. The molecular weight excluding hydrogens is 132 g/mol. The number of aliphatic hydroxyl groups excluding tert-OH is 1. The van der Waals surface area contributed by atoms with Crippen LogP contribution in [-0.2, 0) is 0 Å². The van der Waals surface area contributed by atoms with Crippen LogP contribution in [0.3, 0.4) is 0 Å². The second-order valence-corrected chi connectivity index (χ2v) is 2.27. The molecule has 0 saturated carbocycles. The van der Waals surface area contributed by atoms with Gasteiger partial charge in [0.2, 0.25) is 0 Å². The molecule has 0 aliphatic carbocycles. The molecule has 0 amide bonds. The van der Waals surface area contributed by atoms with Gasteiger partial charge >= 0.3 is 0 Å². The van der Waals surface area contributed by atoms with E-state index < -0.39 is 5.44 Å². The summed E-state index contributed by atoms with van der Waals surface area (Å²) in [6.07, 6.45) is 0. The predicted molar refractivity (Wildman–Crippen MR) is 40.4 cm³/mol. The molecule has 1 N–H and O–H groups in total. The number of aliphatic hydroxyl groups is 1. The lowest BCUT2D eigenvalue weighted by Crippen LogP contribution is -1.84. The Hall–Kier alpha value is -0.470. The first-order valence-corrected chi connectivity index (χ1v) is 3.23. The van der Waals surface area contributed by atoms with Gasteiger partial charge in [0.1, 0.15) is 5.44 Å². The van der Waals surface area contributed by atoms with Crippen LogP contribution < -0.4 is 0 Å². The van der Waals surface area contributed by atoms with Gasteiger partial charge in [-0.3, -0.25) is 0 Å². The summed E-state index contributed by atoms with van der Waals surface area (Å²) in [5.74, 6) is 0. The van der Waals surface area contributed by atoms with Gasteiger partial charge < -0.3 is 5.11 Å². The zero-order valence-electron chi connectivity index (χ0n) is 4.86. The van der Waals surface area contributed by atoms with Crippen LogP contribution in [0.5, 0.6) is 0 Å². The van der Waals surface area contributed by atoms with E-state index in [1.54, 1.807) is 0 Å². The van der Waals surface area contributed by atoms with Crippen LogP contribution in [0, 0.1) is 0 Å². The summed E-state index contributed by atoms with van der Waals surface area (Å²) in [6.45, 7) is 0. The van der Waals surface area contributed by atoms with Gasteiger partial charge in [-0.1, -0.05) is 30.3 Å². The summed E-state index contributed by atoms with van der Waals surface area (Å²) in [7, 11) is 0. The van der Waals surface area contributed by atoms with Crippen molar-refractivity contribution in [3.8, 4) is 0 Å². The molecule has 0 aliphatic rings. The number of rotatable bonds is 1. The quantitative estimate of drug-likeness (QED) is 0.448. The second-order valence-electron chi connectivity index (χ2n) is 1.78. The van der Waals surface area contributed by atoms with Crippen molar-refractivity contribution in [1.82, 2.24) is 0 Å². The van der Waals surface area contributed by atoms with E-state index in [2.05, 4.69) is 12.6 Å². The van der Waals surface area contributed by atoms with Crippen molar-refractivity contribution in [2.45, 2.75) is 5.44 Å². The lowest BCUT2D eigenvalue weighted by molar-refractivity contribution is 0.272. The fourth-order valence-electron chi connectivity index (χ4n) is 0.625. The summed E-state index contributed by atoms with van der Waals surface area (Å²) < 4.78 is 0. The van der Waals surface area contributed by atoms with Crippen molar-refractivity contribution in [3.05, 3.63) is 35.9 Å². The molecule has 9 heavy (non-hydrogen) atoms. The van der Waals surface area contributed by atoms with Crippen molar-refractivity contribution in [1.29, 1.82) is 0 Å². The molecule has 1 atom stereocenters. The van der Waals surface area contributed by atoms with Crippen molar-refractivity contribution < 1.29 is 5.11 Å². The van der Waals surface area contributed by atoms with E-state index in [1.165, 1.54) is 0 Å². The smallest absolute Gasteiger partial charge is 0.122 e. The van der Waals surface area contributed by atoms with Gasteiger partial charge in [-0.2, -0.15) is 0 Å². The second kappa shape index (κ2) is 2.90. The maximum atomic E-state index is 8.89. The molecular formula is C7H8OS. The third-order valence-corrected chi connectivity index (χ3v) is 1.40. The van der Waals surface area contributed by atoms with Crippen LogP contribution in [-0.4, -0.2) is 5.11 Å². The molecule has 1 unspecified atom stereocenters. The summed E-state index contributed by atoms with van der Waals surface area (Å²) >= 11 is 3.84. The normalized spacial score (nSPS) is 13.1. The zero-order valence-corrected chi connectivity index (χ0v) is 5.75. The Morgan fingerprint density at radius 3 is 2.11 bits per heavy atom. The van der Waals surface area contributed by atoms with E-state index in [-0.39, 0.29) is 0 Å². The Balaban J connectivity index is 2.85. The topological polar surface area (TPSA) is 20.2 Å². The average molecular weight is 140 g/mol. The van der Waals surface area contributed by atoms with E-state index in [0.717, 1.165) is 5.56 Å². The Labute approximate surface area is 59.7 Å². The summed E-state index contributed by atoms with van der Waals surface area (Å²) in [6, 6.07) is 9.30. The largest absolute Gasteiger partial charge is 0.378 e. The molecule has 0 bridgehead atoms. The van der Waals surface area contributed by atoms with Gasteiger partial charge in [0.05, 0.1) is 0 Å². The fourth-order valence-corrected chi connectivity index (χ4v) is 0.797. The molecule has 1 aromatic rings. The molecule has 1 aromatic carbocycles. The fraction of sp³-hybridized carbons (Fsp3) is 0.143. The molecule has 48 valence electrons. The van der Waals surface area contributed by atoms with E-state index in [9.17, 15) is 0 Å². The molecule has 0 saturated heterocycles. The van der Waals surface area contributed by atoms with Crippen LogP contribution >= 0.6 is 12.6 Å². The summed E-state index contributed by atoms with van der Waals surface area (Å²) in [5, 5.41) is 8.89. The third-order valence-electron chi connectivity index (χ3n) is 1.10. The van der Waals surface area contributed by atoms with Gasteiger partial charge in [0.15, 0.2) is 0 Å². The molecule has 0 spiro atoms. The Morgan fingerprint density at radius 1 is 1.22 bits per heavy atom. The highest BCUT2D eigenvalue weighted by Gasteiger charge is 1.96. The van der Waals surface area contributed by atoms with Crippen molar-refractivity contribution in [3.63, 3.8) is 0 Å². The predicted octanol–water partition coefficient (Wildman–Crippen LogP) is 1.61. The van der Waals surface area contributed by atoms with Crippen LogP contribution in [0.2, 0.25) is 0 Å². The molecule has 1 nitrogen and oxygen atoms in total. The van der Waals surface area contributed by atoms with Crippen molar-refractivity contribution in [2.24, 2.45) is 0 Å². The average Bonchev–Trinajstić information content (AvgIpc) is 1.90. The zero-order chi connectivity index (χ0) is 6.69. The first kappa shape index (κ1) is 6.65. The first-order valence-electron chi connectivity index (χ1n) is 2.72. The summed E-state index contributed by atoms with van der Waals surface area (Å²) in [4.78, 5) is 0. The van der Waals surface area contributed by atoms with Crippen LogP contribution in [0.4, 0.5) is 0 Å². The van der Waals surface area contributed by atoms with Gasteiger partial charge in [0, 0.05) is 0 Å². The minimum atomic E-state index is -0.647. The number of hydrogen-bond donors (Lipinski definition) is 2. The van der Waals surface area contributed by atoms with Crippen molar-refractivity contribution >= 4 is 12.6 Å². The van der Waals surface area contributed by atoms with Crippen LogP contribution in [0.25, 0.3) is 0 Å². The molecule has 0 heterocycles. The number of thiol groups is 1. The molecule has 0 aromatic heterocycles. The number of hydrogen-bond acceptors (Lipinski definition) is 2. The maximum Gasteiger partial charge on any atom is 0.122 e. The highest BCUT2D eigenvalue weighted by Crippen LogP contribution is 2.14. The lowest BCUT2D eigenvalue weighted by atomic mass is 10.2. The SMILES string of the molecule is OC(S)c1ccccc1. The minimum absolute atomic E-state index is 0.647. The van der Waals surface area contributed by atoms with Crippen molar-refractivity contribution in [2.75, 3.05) is 0 Å². The molecule has 0 radical (unpaired) electrons. The molecule has 0 fully saturated rings. The monoisotopic (exact) mass is 140 g/mol. The van der Waals surface area contributed by atoms with E-state index >= 15 is 0 Å². The lowest BCUT2D eigenvalue weighted by Gasteiger charge is -2.00.